The average molecular weight is 351 g/mol. The lowest BCUT2D eigenvalue weighted by Gasteiger charge is -2.04. The summed E-state index contributed by atoms with van der Waals surface area (Å²) in [7, 11) is 0. The molecule has 3 rings (SSSR count). The Labute approximate surface area is 138 Å². The van der Waals surface area contributed by atoms with Gasteiger partial charge in [0.25, 0.3) is 5.56 Å². The van der Waals surface area contributed by atoms with Crippen molar-refractivity contribution in [1.82, 2.24) is 14.5 Å². The monoisotopic (exact) mass is 350 g/mol. The van der Waals surface area contributed by atoms with Crippen LogP contribution in [0.25, 0.3) is 10.2 Å². The number of benzene rings is 1. The van der Waals surface area contributed by atoms with E-state index in [0.717, 1.165) is 10.2 Å². The first-order valence-corrected chi connectivity index (χ1v) is 7.86. The molecule has 2 N–H and O–H groups in total. The van der Waals surface area contributed by atoms with Crippen molar-refractivity contribution < 1.29 is 4.79 Å². The molecule has 0 atom stereocenters. The molecular formula is C14H11ClN4O3S. The lowest BCUT2D eigenvalue weighted by molar-refractivity contribution is -0.116. The summed E-state index contributed by atoms with van der Waals surface area (Å²) in [6.45, 7) is 0.165. The second-order valence-corrected chi connectivity index (χ2v) is 6.20. The molecule has 2 heterocycles. The van der Waals surface area contributed by atoms with E-state index in [2.05, 4.69) is 15.3 Å². The smallest absolute Gasteiger partial charge is 0.302 e. The molecule has 0 saturated carbocycles. The van der Waals surface area contributed by atoms with Gasteiger partial charge in [-0.2, -0.15) is 0 Å². The molecule has 0 fully saturated rings. The van der Waals surface area contributed by atoms with Crippen molar-refractivity contribution in [3.63, 3.8) is 0 Å². The van der Waals surface area contributed by atoms with Crippen LogP contribution in [0.4, 0.5) is 5.13 Å². The van der Waals surface area contributed by atoms with E-state index >= 15 is 0 Å². The molecule has 3 aromatic rings. The molecule has 7 nitrogen and oxygen atoms in total. The van der Waals surface area contributed by atoms with Gasteiger partial charge in [-0.05, 0) is 18.2 Å². The van der Waals surface area contributed by atoms with Crippen LogP contribution in [0.15, 0.2) is 40.1 Å². The lowest BCUT2D eigenvalue weighted by Crippen LogP contribution is -2.29. The second kappa shape index (κ2) is 6.35. The Balaban J connectivity index is 1.66. The average Bonchev–Trinajstić information content (AvgIpc) is 2.87. The zero-order chi connectivity index (χ0) is 16.4. The van der Waals surface area contributed by atoms with Crippen LogP contribution in [0.3, 0.4) is 0 Å². The van der Waals surface area contributed by atoms with Gasteiger partial charge in [-0.1, -0.05) is 22.9 Å². The molecular weight excluding hydrogens is 340 g/mol. The summed E-state index contributed by atoms with van der Waals surface area (Å²) in [5.74, 6) is -0.270. The minimum atomic E-state index is -0.542. The molecule has 0 unspecified atom stereocenters. The number of nitrogens with zero attached hydrogens (tertiary/aromatic N) is 2. The summed E-state index contributed by atoms with van der Waals surface area (Å²) in [5.41, 5.74) is -0.254. The number of aromatic nitrogens is 3. The van der Waals surface area contributed by atoms with Gasteiger partial charge in [-0.15, -0.1) is 0 Å². The molecule has 9 heteroatoms. The SMILES string of the molecule is O=C(CCn1ccc(=O)[nH]c1=O)Nc1nc2ccc(Cl)cc2s1. The fourth-order valence-electron chi connectivity index (χ4n) is 1.98. The normalized spacial score (nSPS) is 10.8. The highest BCUT2D eigenvalue weighted by atomic mass is 35.5. The van der Waals surface area contributed by atoms with E-state index in [1.54, 1.807) is 18.2 Å². The summed E-state index contributed by atoms with van der Waals surface area (Å²) in [6.07, 6.45) is 1.44. The van der Waals surface area contributed by atoms with Gasteiger partial charge in [0, 0.05) is 30.3 Å². The van der Waals surface area contributed by atoms with Gasteiger partial charge in [0.15, 0.2) is 5.13 Å². The van der Waals surface area contributed by atoms with Crippen LogP contribution in [0.5, 0.6) is 0 Å². The number of aromatic amines is 1. The van der Waals surface area contributed by atoms with E-state index in [-0.39, 0.29) is 18.9 Å². The van der Waals surface area contributed by atoms with Crippen molar-refractivity contribution in [2.75, 3.05) is 5.32 Å². The predicted octanol–water partition coefficient (Wildman–Crippen LogP) is 1.83. The van der Waals surface area contributed by atoms with Crippen molar-refractivity contribution in [3.05, 3.63) is 56.3 Å². The molecule has 1 aromatic carbocycles. The standard InChI is InChI=1S/C14H11ClN4O3S/c15-8-1-2-9-10(7-8)23-13(16-9)17-11(20)3-5-19-6-4-12(21)18-14(19)22/h1-2,4,6-7H,3,5H2,(H,16,17,20)(H,18,21,22). The molecule has 0 aliphatic heterocycles. The number of anilines is 1. The number of aryl methyl sites for hydroxylation is 1. The Bertz CT molecular complexity index is 991. The summed E-state index contributed by atoms with van der Waals surface area (Å²) >= 11 is 7.23. The van der Waals surface area contributed by atoms with E-state index in [4.69, 9.17) is 11.6 Å². The van der Waals surface area contributed by atoms with E-state index in [1.807, 2.05) is 0 Å². The minimum absolute atomic E-state index is 0.0859. The molecule has 0 aliphatic rings. The number of nitrogens with one attached hydrogen (secondary N) is 2. The van der Waals surface area contributed by atoms with Gasteiger partial charge < -0.3 is 9.88 Å². The number of amides is 1. The lowest BCUT2D eigenvalue weighted by atomic mass is 10.3. The number of carbonyl (C=O) groups is 1. The first-order valence-electron chi connectivity index (χ1n) is 6.67. The third-order valence-electron chi connectivity index (χ3n) is 3.07. The Morgan fingerprint density at radius 3 is 2.96 bits per heavy atom. The Kier molecular flexibility index (Phi) is 4.26. The molecule has 23 heavy (non-hydrogen) atoms. The topological polar surface area (TPSA) is 96.9 Å². The molecule has 1 amide bonds. The highest BCUT2D eigenvalue weighted by Gasteiger charge is 2.09. The Hall–Kier alpha value is -2.45. The van der Waals surface area contributed by atoms with Crippen molar-refractivity contribution in [3.8, 4) is 0 Å². The maximum absolute atomic E-state index is 11.9. The largest absolute Gasteiger partial charge is 0.328 e. The highest BCUT2D eigenvalue weighted by molar-refractivity contribution is 7.22. The van der Waals surface area contributed by atoms with Crippen LogP contribution in [0.2, 0.25) is 5.02 Å². The predicted molar refractivity (Wildman–Crippen MR) is 89.2 cm³/mol. The molecule has 118 valence electrons. The Morgan fingerprint density at radius 2 is 2.17 bits per heavy atom. The van der Waals surface area contributed by atoms with Crippen molar-refractivity contribution in [2.24, 2.45) is 0 Å². The third kappa shape index (κ3) is 3.66. The van der Waals surface area contributed by atoms with Crippen molar-refractivity contribution in [1.29, 1.82) is 0 Å². The van der Waals surface area contributed by atoms with Crippen LogP contribution in [0.1, 0.15) is 6.42 Å². The molecule has 0 radical (unpaired) electrons. The van der Waals surface area contributed by atoms with Crippen LogP contribution in [-0.4, -0.2) is 20.4 Å². The number of carbonyl (C=O) groups excluding carboxylic acids is 1. The van der Waals surface area contributed by atoms with Crippen LogP contribution >= 0.6 is 22.9 Å². The molecule has 0 saturated heterocycles. The fraction of sp³-hybridized carbons (Fsp3) is 0.143. The van der Waals surface area contributed by atoms with Crippen molar-refractivity contribution in [2.45, 2.75) is 13.0 Å². The zero-order valence-electron chi connectivity index (χ0n) is 11.7. The van der Waals surface area contributed by atoms with Crippen LogP contribution in [-0.2, 0) is 11.3 Å². The molecule has 0 aliphatic carbocycles. The van der Waals surface area contributed by atoms with Gasteiger partial charge in [-0.3, -0.25) is 14.6 Å². The number of H-pyrrole nitrogens is 1. The highest BCUT2D eigenvalue weighted by Crippen LogP contribution is 2.28. The van der Waals surface area contributed by atoms with Gasteiger partial charge in [0.1, 0.15) is 0 Å². The van der Waals surface area contributed by atoms with Crippen molar-refractivity contribution >= 4 is 44.2 Å². The molecule has 0 spiro atoms. The number of rotatable bonds is 4. The van der Waals surface area contributed by atoms with E-state index in [1.165, 1.54) is 28.2 Å². The Morgan fingerprint density at radius 1 is 1.35 bits per heavy atom. The first-order chi connectivity index (χ1) is 11.0. The number of hydrogen-bond acceptors (Lipinski definition) is 5. The molecule has 0 bridgehead atoms. The maximum Gasteiger partial charge on any atom is 0.328 e. The van der Waals surface area contributed by atoms with E-state index in [9.17, 15) is 14.4 Å². The minimum Gasteiger partial charge on any atom is -0.302 e. The first kappa shape index (κ1) is 15.4. The van der Waals surface area contributed by atoms with Crippen LogP contribution < -0.4 is 16.6 Å². The summed E-state index contributed by atoms with van der Waals surface area (Å²) in [5, 5.41) is 3.77. The summed E-state index contributed by atoms with van der Waals surface area (Å²) < 4.78 is 2.14. The summed E-state index contributed by atoms with van der Waals surface area (Å²) in [6, 6.07) is 6.53. The fourth-order valence-corrected chi connectivity index (χ4v) is 3.13. The van der Waals surface area contributed by atoms with Gasteiger partial charge >= 0.3 is 5.69 Å². The van der Waals surface area contributed by atoms with Gasteiger partial charge in [-0.25, -0.2) is 9.78 Å². The summed E-state index contributed by atoms with van der Waals surface area (Å²) in [4.78, 5) is 40.9. The zero-order valence-corrected chi connectivity index (χ0v) is 13.3. The maximum atomic E-state index is 11.9. The number of thiazole rings is 1. The number of fused-ring (bicyclic) bond motifs is 1. The van der Waals surface area contributed by atoms with Gasteiger partial charge in [0.05, 0.1) is 10.2 Å². The second-order valence-electron chi connectivity index (χ2n) is 4.73. The number of halogens is 1. The third-order valence-corrected chi connectivity index (χ3v) is 4.24. The molecule has 2 aromatic heterocycles. The van der Waals surface area contributed by atoms with E-state index < -0.39 is 11.2 Å². The van der Waals surface area contributed by atoms with Gasteiger partial charge in [0.2, 0.25) is 5.91 Å². The van der Waals surface area contributed by atoms with Crippen LogP contribution in [0, 0.1) is 0 Å². The van der Waals surface area contributed by atoms with E-state index in [0.29, 0.717) is 10.2 Å². The quantitative estimate of drug-likeness (QED) is 0.750. The number of hydrogen-bond donors (Lipinski definition) is 2.